The Morgan fingerprint density at radius 3 is 2.82 bits per heavy atom. The maximum atomic E-state index is 12.1. The number of hydrogen-bond acceptors (Lipinski definition) is 3. The van der Waals surface area contributed by atoms with Crippen molar-refractivity contribution in [1.82, 2.24) is 5.43 Å². The second-order valence-electron chi connectivity index (χ2n) is 6.33. The van der Waals surface area contributed by atoms with Crippen LogP contribution >= 0.6 is 11.6 Å². The molecule has 2 aliphatic rings. The van der Waals surface area contributed by atoms with Crippen LogP contribution in [0, 0.1) is 11.8 Å². The van der Waals surface area contributed by atoms with E-state index < -0.39 is 5.91 Å². The van der Waals surface area contributed by atoms with Gasteiger partial charge in [-0.25, -0.2) is 5.43 Å². The number of fused-ring (bicyclic) bond motifs is 1. The molecule has 5 heteroatoms. The summed E-state index contributed by atoms with van der Waals surface area (Å²) in [6, 6.07) is 4.41. The first-order chi connectivity index (χ1) is 10.6. The topological polar surface area (TPSA) is 61.7 Å². The second-order valence-corrected chi connectivity index (χ2v) is 6.76. The van der Waals surface area contributed by atoms with Gasteiger partial charge in [-0.2, -0.15) is 5.10 Å². The van der Waals surface area contributed by atoms with Gasteiger partial charge in [0.2, 0.25) is 0 Å². The smallest absolute Gasteiger partial charge is 0.275 e. The zero-order valence-corrected chi connectivity index (χ0v) is 13.3. The monoisotopic (exact) mass is 320 g/mol. The highest BCUT2D eigenvalue weighted by molar-refractivity contribution is 6.31. The lowest BCUT2D eigenvalue weighted by Gasteiger charge is -2.35. The van der Waals surface area contributed by atoms with E-state index >= 15 is 0 Å². The summed E-state index contributed by atoms with van der Waals surface area (Å²) in [4.78, 5) is 12.1. The highest BCUT2D eigenvalue weighted by Crippen LogP contribution is 2.39. The van der Waals surface area contributed by atoms with E-state index in [1.165, 1.54) is 44.2 Å². The van der Waals surface area contributed by atoms with Crippen molar-refractivity contribution in [2.45, 2.75) is 44.9 Å². The van der Waals surface area contributed by atoms with E-state index in [2.05, 4.69) is 10.5 Å². The Labute approximate surface area is 135 Å². The van der Waals surface area contributed by atoms with Gasteiger partial charge >= 0.3 is 0 Å². The van der Waals surface area contributed by atoms with E-state index in [0.29, 0.717) is 5.02 Å². The van der Waals surface area contributed by atoms with Gasteiger partial charge in [-0.15, -0.1) is 0 Å². The number of rotatable bonds is 2. The van der Waals surface area contributed by atoms with Gasteiger partial charge in [0.1, 0.15) is 5.75 Å². The molecule has 2 fully saturated rings. The molecular weight excluding hydrogens is 300 g/mol. The number of nitrogens with one attached hydrogen (secondary N) is 1. The Balaban J connectivity index is 1.63. The summed E-state index contributed by atoms with van der Waals surface area (Å²) in [6.45, 7) is 0. The molecule has 1 aromatic rings. The summed E-state index contributed by atoms with van der Waals surface area (Å²) in [5.74, 6) is 1.08. The van der Waals surface area contributed by atoms with Gasteiger partial charge in [0.05, 0.1) is 5.56 Å². The predicted octanol–water partition coefficient (Wildman–Crippen LogP) is 4.12. The molecule has 0 saturated heterocycles. The molecule has 0 aromatic heterocycles. The summed E-state index contributed by atoms with van der Waals surface area (Å²) in [5.41, 5.74) is 3.79. The maximum absolute atomic E-state index is 12.1. The van der Waals surface area contributed by atoms with E-state index in [1.807, 2.05) is 0 Å². The number of phenols is 1. The lowest BCUT2D eigenvalue weighted by molar-refractivity contribution is 0.0951. The van der Waals surface area contributed by atoms with Crippen molar-refractivity contribution in [3.63, 3.8) is 0 Å². The molecule has 0 heterocycles. The fraction of sp³-hybridized carbons (Fsp3) is 0.529. The van der Waals surface area contributed by atoms with Gasteiger partial charge in [0, 0.05) is 10.7 Å². The average molecular weight is 321 g/mol. The van der Waals surface area contributed by atoms with Crippen molar-refractivity contribution in [3.05, 3.63) is 28.8 Å². The molecule has 2 aliphatic carbocycles. The molecule has 0 aliphatic heterocycles. The van der Waals surface area contributed by atoms with Crippen molar-refractivity contribution in [3.8, 4) is 5.75 Å². The Morgan fingerprint density at radius 1 is 1.23 bits per heavy atom. The number of halogens is 1. The molecule has 0 spiro atoms. The lowest BCUT2D eigenvalue weighted by atomic mass is 9.70. The third-order valence-corrected chi connectivity index (χ3v) is 5.12. The van der Waals surface area contributed by atoms with Crippen molar-refractivity contribution in [2.24, 2.45) is 16.9 Å². The Kier molecular flexibility index (Phi) is 4.67. The fourth-order valence-corrected chi connectivity index (χ4v) is 3.84. The van der Waals surface area contributed by atoms with E-state index in [4.69, 9.17) is 11.6 Å². The maximum Gasteiger partial charge on any atom is 0.275 e. The molecule has 22 heavy (non-hydrogen) atoms. The largest absolute Gasteiger partial charge is 0.507 e. The summed E-state index contributed by atoms with van der Waals surface area (Å²) in [5, 5.41) is 14.4. The minimum Gasteiger partial charge on any atom is -0.507 e. The van der Waals surface area contributed by atoms with Crippen molar-refractivity contribution >= 4 is 23.2 Å². The first-order valence-corrected chi connectivity index (χ1v) is 8.35. The van der Waals surface area contributed by atoms with Gasteiger partial charge in [-0.05, 0) is 55.7 Å². The number of nitrogens with zero attached hydrogens (tertiary/aromatic N) is 1. The second kappa shape index (κ2) is 6.69. The van der Waals surface area contributed by atoms with Crippen molar-refractivity contribution < 1.29 is 9.90 Å². The van der Waals surface area contributed by atoms with Crippen LogP contribution < -0.4 is 5.43 Å². The SMILES string of the molecule is O=C(N/N=C1/CC[C@@H]2CCCC[C@H]2C1)c1cc(Cl)ccc1O. The number of carbonyl (C=O) groups is 1. The van der Waals surface area contributed by atoms with Gasteiger partial charge in [-0.3, -0.25) is 4.79 Å². The summed E-state index contributed by atoms with van der Waals surface area (Å²) >= 11 is 5.86. The minimum absolute atomic E-state index is 0.0851. The molecule has 0 unspecified atom stereocenters. The van der Waals surface area contributed by atoms with Crippen LogP contribution in [0.4, 0.5) is 0 Å². The molecule has 3 rings (SSSR count). The first kappa shape index (κ1) is 15.3. The third-order valence-electron chi connectivity index (χ3n) is 4.89. The standard InChI is InChI=1S/C17H21ClN2O2/c18-13-6-8-16(21)15(10-13)17(22)20-19-14-7-5-11-3-1-2-4-12(11)9-14/h6,8,10-12,21H,1-5,7,9H2,(H,20,22)/b19-14-/t11-,12-/m0/s1. The number of amides is 1. The van der Waals surface area contributed by atoms with Crippen molar-refractivity contribution in [1.29, 1.82) is 0 Å². The number of carbonyl (C=O) groups excluding carboxylic acids is 1. The normalized spacial score (nSPS) is 26.5. The fourth-order valence-electron chi connectivity index (χ4n) is 3.67. The van der Waals surface area contributed by atoms with E-state index in [-0.39, 0.29) is 11.3 Å². The number of phenolic OH excluding ortho intramolecular Hbond substituents is 1. The number of hydrogen-bond donors (Lipinski definition) is 2. The molecule has 118 valence electrons. The molecule has 1 amide bonds. The van der Waals surface area contributed by atoms with Gasteiger partial charge in [0.15, 0.2) is 0 Å². The minimum atomic E-state index is -0.418. The summed E-state index contributed by atoms with van der Waals surface area (Å²) < 4.78 is 0. The molecule has 1 aromatic carbocycles. The Morgan fingerprint density at radius 2 is 2.00 bits per heavy atom. The van der Waals surface area contributed by atoms with Crippen LogP contribution in [0.15, 0.2) is 23.3 Å². The zero-order valence-electron chi connectivity index (χ0n) is 12.5. The van der Waals surface area contributed by atoms with Crippen LogP contribution in [0.3, 0.4) is 0 Å². The van der Waals surface area contributed by atoms with Crippen LogP contribution in [-0.4, -0.2) is 16.7 Å². The van der Waals surface area contributed by atoms with Gasteiger partial charge < -0.3 is 5.11 Å². The van der Waals surface area contributed by atoms with E-state index in [0.717, 1.165) is 30.4 Å². The Hall–Kier alpha value is -1.55. The number of hydrazone groups is 1. The average Bonchev–Trinajstić information content (AvgIpc) is 2.54. The summed E-state index contributed by atoms with van der Waals surface area (Å²) in [7, 11) is 0. The predicted molar refractivity (Wildman–Crippen MR) is 87.3 cm³/mol. The summed E-state index contributed by atoms with van der Waals surface area (Å²) in [6.07, 6.45) is 8.44. The molecule has 0 bridgehead atoms. The van der Waals surface area contributed by atoms with Gasteiger partial charge in [0.25, 0.3) is 5.91 Å². The zero-order chi connectivity index (χ0) is 15.5. The highest BCUT2D eigenvalue weighted by Gasteiger charge is 2.30. The first-order valence-electron chi connectivity index (χ1n) is 7.98. The molecule has 4 nitrogen and oxygen atoms in total. The van der Waals surface area contributed by atoms with Gasteiger partial charge in [-0.1, -0.05) is 30.9 Å². The van der Waals surface area contributed by atoms with Crippen LogP contribution in [0.1, 0.15) is 55.3 Å². The number of benzene rings is 1. The van der Waals surface area contributed by atoms with Crippen LogP contribution in [0.5, 0.6) is 5.75 Å². The molecule has 2 N–H and O–H groups in total. The molecular formula is C17H21ClN2O2. The van der Waals surface area contributed by atoms with Crippen LogP contribution in [0.2, 0.25) is 5.02 Å². The van der Waals surface area contributed by atoms with Crippen LogP contribution in [0.25, 0.3) is 0 Å². The molecule has 2 saturated carbocycles. The van der Waals surface area contributed by atoms with E-state index in [9.17, 15) is 9.90 Å². The van der Waals surface area contributed by atoms with Crippen molar-refractivity contribution in [2.75, 3.05) is 0 Å². The quantitative estimate of drug-likeness (QED) is 0.805. The third kappa shape index (κ3) is 3.43. The number of aromatic hydroxyl groups is 1. The molecule has 2 atom stereocenters. The molecule has 0 radical (unpaired) electrons. The highest BCUT2D eigenvalue weighted by atomic mass is 35.5. The van der Waals surface area contributed by atoms with E-state index in [1.54, 1.807) is 6.07 Å². The lowest BCUT2D eigenvalue weighted by Crippen LogP contribution is -2.29. The Bertz CT molecular complexity index is 600. The van der Waals surface area contributed by atoms with Crippen LogP contribution in [-0.2, 0) is 0 Å².